The van der Waals surface area contributed by atoms with Crippen LogP contribution in [0.3, 0.4) is 0 Å². The van der Waals surface area contributed by atoms with Crippen LogP contribution in [0.4, 0.5) is 5.69 Å². The van der Waals surface area contributed by atoms with Gasteiger partial charge >= 0.3 is 0 Å². The molecule has 0 aliphatic rings. The minimum Gasteiger partial charge on any atom is -0.399 e. The summed E-state index contributed by atoms with van der Waals surface area (Å²) in [5.41, 5.74) is 9.89. The number of nitrogens with two attached hydrogens (primary N) is 1. The molecule has 0 bridgehead atoms. The Morgan fingerprint density at radius 2 is 1.81 bits per heavy atom. The molecule has 0 unspecified atom stereocenters. The minimum absolute atomic E-state index is 0.0270. The van der Waals surface area contributed by atoms with Gasteiger partial charge in [0.25, 0.3) is 0 Å². The third-order valence-corrected chi connectivity index (χ3v) is 3.53. The first-order valence-electron chi connectivity index (χ1n) is 7.10. The van der Waals surface area contributed by atoms with Crippen LogP contribution in [-0.2, 0) is 12.0 Å². The average Bonchev–Trinajstić information content (AvgIpc) is 2.78. The Bertz CT molecular complexity index is 767. The number of nitrogen functional groups attached to an aromatic ring is 1. The average molecular weight is 280 g/mol. The molecule has 0 spiro atoms. The fourth-order valence-corrected chi connectivity index (χ4v) is 2.55. The zero-order chi connectivity index (χ0) is 15.0. The standard InChI is InChI=1S/C17H20N4/c1-17(2,3)16-20-14-10-13(18)4-5-15(14)21(16)11-12-6-8-19-9-7-12/h4-10H,11,18H2,1-3H3. The summed E-state index contributed by atoms with van der Waals surface area (Å²) in [5.74, 6) is 1.07. The van der Waals surface area contributed by atoms with Gasteiger partial charge in [0.05, 0.1) is 11.0 Å². The molecule has 2 aromatic heterocycles. The fraction of sp³-hybridized carbons (Fsp3) is 0.294. The molecule has 0 aliphatic carbocycles. The summed E-state index contributed by atoms with van der Waals surface area (Å²) in [6.07, 6.45) is 3.65. The Morgan fingerprint density at radius 3 is 2.48 bits per heavy atom. The molecule has 0 fully saturated rings. The van der Waals surface area contributed by atoms with E-state index in [0.29, 0.717) is 0 Å². The van der Waals surface area contributed by atoms with Crippen molar-refractivity contribution in [3.8, 4) is 0 Å². The lowest BCUT2D eigenvalue weighted by molar-refractivity contribution is 0.516. The van der Waals surface area contributed by atoms with Gasteiger partial charge in [-0.1, -0.05) is 20.8 Å². The van der Waals surface area contributed by atoms with Crippen LogP contribution in [0.25, 0.3) is 11.0 Å². The number of rotatable bonds is 2. The Kier molecular flexibility index (Phi) is 3.16. The minimum atomic E-state index is -0.0270. The van der Waals surface area contributed by atoms with Gasteiger partial charge in [0.1, 0.15) is 5.82 Å². The van der Waals surface area contributed by atoms with Crippen LogP contribution in [0.15, 0.2) is 42.7 Å². The summed E-state index contributed by atoms with van der Waals surface area (Å²) in [6.45, 7) is 7.33. The number of imidazole rings is 1. The molecule has 0 radical (unpaired) electrons. The number of hydrogen-bond acceptors (Lipinski definition) is 3. The highest BCUT2D eigenvalue weighted by molar-refractivity contribution is 5.80. The van der Waals surface area contributed by atoms with Crippen LogP contribution in [0.5, 0.6) is 0 Å². The van der Waals surface area contributed by atoms with Crippen LogP contribution in [0.1, 0.15) is 32.2 Å². The van der Waals surface area contributed by atoms with Crippen molar-refractivity contribution < 1.29 is 0 Å². The lowest BCUT2D eigenvalue weighted by Gasteiger charge is -2.20. The second-order valence-electron chi connectivity index (χ2n) is 6.38. The molecular formula is C17H20N4. The summed E-state index contributed by atoms with van der Waals surface area (Å²) >= 11 is 0. The summed E-state index contributed by atoms with van der Waals surface area (Å²) < 4.78 is 2.27. The molecule has 1 aromatic carbocycles. The smallest absolute Gasteiger partial charge is 0.115 e. The molecule has 0 aliphatic heterocycles. The van der Waals surface area contributed by atoms with Crippen molar-refractivity contribution in [1.82, 2.24) is 14.5 Å². The fourth-order valence-electron chi connectivity index (χ4n) is 2.55. The van der Waals surface area contributed by atoms with Crippen LogP contribution in [-0.4, -0.2) is 14.5 Å². The van der Waals surface area contributed by atoms with E-state index in [-0.39, 0.29) is 5.41 Å². The Hall–Kier alpha value is -2.36. The highest BCUT2D eigenvalue weighted by atomic mass is 15.1. The topological polar surface area (TPSA) is 56.7 Å². The van der Waals surface area contributed by atoms with Crippen molar-refractivity contribution in [3.05, 3.63) is 54.1 Å². The van der Waals surface area contributed by atoms with Gasteiger partial charge in [0.2, 0.25) is 0 Å². The molecule has 21 heavy (non-hydrogen) atoms. The number of fused-ring (bicyclic) bond motifs is 1. The van der Waals surface area contributed by atoms with E-state index in [0.717, 1.165) is 29.1 Å². The largest absolute Gasteiger partial charge is 0.399 e. The van der Waals surface area contributed by atoms with Gasteiger partial charge in [-0.3, -0.25) is 4.98 Å². The van der Waals surface area contributed by atoms with Crippen LogP contribution in [0, 0.1) is 0 Å². The molecule has 0 saturated heterocycles. The van der Waals surface area contributed by atoms with Crippen molar-refractivity contribution in [2.45, 2.75) is 32.7 Å². The quantitative estimate of drug-likeness (QED) is 0.732. The normalized spacial score (nSPS) is 12.0. The van der Waals surface area contributed by atoms with E-state index in [1.165, 1.54) is 5.56 Å². The molecule has 3 rings (SSSR count). The van der Waals surface area contributed by atoms with E-state index in [4.69, 9.17) is 10.7 Å². The van der Waals surface area contributed by atoms with Gasteiger partial charge in [-0.15, -0.1) is 0 Å². The molecule has 2 N–H and O–H groups in total. The summed E-state index contributed by atoms with van der Waals surface area (Å²) in [4.78, 5) is 8.89. The Labute approximate surface area is 124 Å². The van der Waals surface area contributed by atoms with E-state index < -0.39 is 0 Å². The molecule has 0 saturated carbocycles. The highest BCUT2D eigenvalue weighted by Crippen LogP contribution is 2.28. The molecule has 3 aromatic rings. The highest BCUT2D eigenvalue weighted by Gasteiger charge is 2.23. The number of hydrogen-bond donors (Lipinski definition) is 1. The van der Waals surface area contributed by atoms with Gasteiger partial charge in [-0.2, -0.15) is 0 Å². The maximum Gasteiger partial charge on any atom is 0.115 e. The van der Waals surface area contributed by atoms with E-state index >= 15 is 0 Å². The van der Waals surface area contributed by atoms with Crippen molar-refractivity contribution >= 4 is 16.7 Å². The lowest BCUT2D eigenvalue weighted by atomic mass is 9.95. The van der Waals surface area contributed by atoms with E-state index in [1.807, 2.05) is 42.7 Å². The van der Waals surface area contributed by atoms with Crippen molar-refractivity contribution in [2.75, 3.05) is 5.73 Å². The molecule has 4 heteroatoms. The maximum atomic E-state index is 5.89. The van der Waals surface area contributed by atoms with Gasteiger partial charge in [0, 0.05) is 30.0 Å². The number of benzene rings is 1. The van der Waals surface area contributed by atoms with Gasteiger partial charge in [-0.25, -0.2) is 4.98 Å². The molecule has 0 amide bonds. The zero-order valence-corrected chi connectivity index (χ0v) is 12.7. The Balaban J connectivity index is 2.18. The number of pyridine rings is 1. The monoisotopic (exact) mass is 280 g/mol. The van der Waals surface area contributed by atoms with Crippen molar-refractivity contribution in [1.29, 1.82) is 0 Å². The van der Waals surface area contributed by atoms with E-state index in [1.54, 1.807) is 0 Å². The molecule has 4 nitrogen and oxygen atoms in total. The second kappa shape index (κ2) is 4.88. The SMILES string of the molecule is CC(C)(C)c1nc2cc(N)ccc2n1Cc1ccncc1. The molecule has 108 valence electrons. The Morgan fingerprint density at radius 1 is 1.10 bits per heavy atom. The first-order valence-corrected chi connectivity index (χ1v) is 7.10. The third-order valence-electron chi connectivity index (χ3n) is 3.53. The van der Waals surface area contributed by atoms with Crippen molar-refractivity contribution in [3.63, 3.8) is 0 Å². The van der Waals surface area contributed by atoms with Crippen LogP contribution < -0.4 is 5.73 Å². The predicted molar refractivity (Wildman–Crippen MR) is 86.2 cm³/mol. The number of aromatic nitrogens is 3. The van der Waals surface area contributed by atoms with Crippen molar-refractivity contribution in [2.24, 2.45) is 0 Å². The lowest BCUT2D eigenvalue weighted by Crippen LogP contribution is -2.19. The van der Waals surface area contributed by atoms with Gasteiger partial charge < -0.3 is 10.3 Å². The molecule has 0 atom stereocenters. The number of anilines is 1. The summed E-state index contributed by atoms with van der Waals surface area (Å²) in [5, 5.41) is 0. The second-order valence-corrected chi connectivity index (χ2v) is 6.38. The first kappa shape index (κ1) is 13.6. The number of nitrogens with zero attached hydrogens (tertiary/aromatic N) is 3. The predicted octanol–water partition coefficient (Wildman–Crippen LogP) is 3.36. The summed E-state index contributed by atoms with van der Waals surface area (Å²) in [6, 6.07) is 9.99. The van der Waals surface area contributed by atoms with Gasteiger partial charge in [0.15, 0.2) is 0 Å². The zero-order valence-electron chi connectivity index (χ0n) is 12.7. The molecule has 2 heterocycles. The molecular weight excluding hydrogens is 260 g/mol. The van der Waals surface area contributed by atoms with Crippen LogP contribution >= 0.6 is 0 Å². The maximum absolute atomic E-state index is 5.89. The van der Waals surface area contributed by atoms with Gasteiger partial charge in [-0.05, 0) is 35.9 Å². The van der Waals surface area contributed by atoms with E-state index in [2.05, 4.69) is 30.3 Å². The third kappa shape index (κ3) is 2.61. The summed E-state index contributed by atoms with van der Waals surface area (Å²) in [7, 11) is 0. The van der Waals surface area contributed by atoms with Crippen LogP contribution in [0.2, 0.25) is 0 Å². The van der Waals surface area contributed by atoms with E-state index in [9.17, 15) is 0 Å². The first-order chi connectivity index (χ1) is 9.95.